The first-order valence-electron chi connectivity index (χ1n) is 13.7. The van der Waals surface area contributed by atoms with E-state index in [0.29, 0.717) is 17.0 Å². The van der Waals surface area contributed by atoms with Crippen LogP contribution in [0, 0.1) is 0 Å². The van der Waals surface area contributed by atoms with Crippen LogP contribution in [0.3, 0.4) is 0 Å². The minimum Gasteiger partial charge on any atom is -0.305 e. The van der Waals surface area contributed by atoms with Crippen LogP contribution >= 0.6 is 11.8 Å². The third kappa shape index (κ3) is 7.82. The molecule has 2 saturated heterocycles. The first-order chi connectivity index (χ1) is 20.5. The number of benzene rings is 1. The molecule has 0 N–H and O–H groups in total. The number of alkyl halides is 6. The Morgan fingerprint density at radius 2 is 1.64 bits per heavy atom. The van der Waals surface area contributed by atoms with Gasteiger partial charge in [-0.25, -0.2) is 14.7 Å². The fourth-order valence-electron chi connectivity index (χ4n) is 5.01. The van der Waals surface area contributed by atoms with E-state index >= 15 is 0 Å². The van der Waals surface area contributed by atoms with Crippen LogP contribution in [-0.4, -0.2) is 101 Å². The topological polar surface area (TPSA) is 80.3 Å². The molecule has 44 heavy (non-hydrogen) atoms. The molecular formula is C28H32F6N6O3S. The number of amides is 4. The summed E-state index contributed by atoms with van der Waals surface area (Å²) in [5, 5.41) is 0. The Hall–Kier alpha value is -3.37. The second-order valence-corrected chi connectivity index (χ2v) is 12.2. The number of urea groups is 1. The quantitative estimate of drug-likeness (QED) is 0.216. The van der Waals surface area contributed by atoms with Gasteiger partial charge in [-0.2, -0.15) is 26.3 Å². The maximum absolute atomic E-state index is 13.6. The Balaban J connectivity index is 1.52. The number of hydrogen-bond acceptors (Lipinski definition) is 7. The summed E-state index contributed by atoms with van der Waals surface area (Å²) >= 11 is -0.332. The van der Waals surface area contributed by atoms with Gasteiger partial charge in [0.1, 0.15) is 11.4 Å². The highest BCUT2D eigenvalue weighted by atomic mass is 32.2. The number of carbonyl (C=O) groups is 3. The van der Waals surface area contributed by atoms with Crippen molar-refractivity contribution in [2.45, 2.75) is 48.9 Å². The lowest BCUT2D eigenvalue weighted by molar-refractivity contribution is -0.170. The number of likely N-dealkylation sites (N-methyl/N-ethyl adjacent to an activating group) is 1. The Morgan fingerprint density at radius 3 is 2.23 bits per heavy atom. The lowest BCUT2D eigenvalue weighted by Crippen LogP contribution is -2.46. The highest BCUT2D eigenvalue weighted by Gasteiger charge is 2.52. The summed E-state index contributed by atoms with van der Waals surface area (Å²) in [7, 11) is 1.99. The first-order valence-corrected chi connectivity index (χ1v) is 14.6. The van der Waals surface area contributed by atoms with E-state index < -0.39 is 35.1 Å². The maximum Gasteiger partial charge on any atom is 0.471 e. The molecule has 3 heterocycles. The summed E-state index contributed by atoms with van der Waals surface area (Å²) in [4.78, 5) is 49.9. The van der Waals surface area contributed by atoms with Gasteiger partial charge in [-0.05, 0) is 87.6 Å². The fourth-order valence-corrected chi connectivity index (χ4v) is 5.55. The van der Waals surface area contributed by atoms with Crippen molar-refractivity contribution < 1.29 is 40.7 Å². The number of carbonyl (C=O) groups excluding carboxylic acids is 3. The third-order valence-corrected chi connectivity index (χ3v) is 8.26. The highest BCUT2D eigenvalue weighted by molar-refractivity contribution is 8.00. The van der Waals surface area contributed by atoms with Gasteiger partial charge in [0.2, 0.25) is 0 Å². The zero-order chi connectivity index (χ0) is 32.4. The van der Waals surface area contributed by atoms with E-state index in [1.54, 1.807) is 0 Å². The van der Waals surface area contributed by atoms with Crippen LogP contribution in [0.2, 0.25) is 0 Å². The van der Waals surface area contributed by atoms with Gasteiger partial charge in [0.15, 0.2) is 0 Å². The third-order valence-electron chi connectivity index (χ3n) is 7.52. The van der Waals surface area contributed by atoms with Crippen molar-refractivity contribution in [3.8, 4) is 0 Å². The van der Waals surface area contributed by atoms with E-state index in [9.17, 15) is 40.7 Å². The minimum atomic E-state index is -5.14. The van der Waals surface area contributed by atoms with Crippen molar-refractivity contribution in [2.24, 2.45) is 0 Å². The van der Waals surface area contributed by atoms with E-state index in [2.05, 4.69) is 14.8 Å². The van der Waals surface area contributed by atoms with Gasteiger partial charge in [0.05, 0.1) is 5.69 Å². The van der Waals surface area contributed by atoms with E-state index in [1.165, 1.54) is 49.2 Å². The molecule has 2 fully saturated rings. The summed E-state index contributed by atoms with van der Waals surface area (Å²) in [6, 6.07) is 6.74. The molecule has 2 aliphatic heterocycles. The van der Waals surface area contributed by atoms with E-state index in [0.717, 1.165) is 43.2 Å². The molecule has 0 aliphatic carbocycles. The Labute approximate surface area is 254 Å². The fraction of sp³-hybridized carbons (Fsp3) is 0.500. The van der Waals surface area contributed by atoms with Gasteiger partial charge in [-0.15, -0.1) is 0 Å². The zero-order valence-corrected chi connectivity index (χ0v) is 25.1. The molecule has 4 amide bonds. The molecule has 9 nitrogen and oxygen atoms in total. The van der Waals surface area contributed by atoms with Crippen molar-refractivity contribution in [1.29, 1.82) is 0 Å². The Morgan fingerprint density at radius 1 is 1.00 bits per heavy atom. The molecule has 0 atom stereocenters. The smallest absolute Gasteiger partial charge is 0.305 e. The number of hydrogen-bond donors (Lipinski definition) is 0. The predicted octanol–water partition coefficient (Wildman–Crippen LogP) is 4.97. The molecule has 16 heteroatoms. The molecule has 2 aromatic rings. The molecule has 0 saturated carbocycles. The zero-order valence-electron chi connectivity index (χ0n) is 24.3. The second-order valence-electron chi connectivity index (χ2n) is 11.1. The summed E-state index contributed by atoms with van der Waals surface area (Å²) in [5.41, 5.74) is -5.51. The number of nitrogens with zero attached hydrogens (tertiary/aromatic N) is 6. The van der Waals surface area contributed by atoms with Gasteiger partial charge in [0, 0.05) is 50.4 Å². The van der Waals surface area contributed by atoms with Crippen molar-refractivity contribution in [1.82, 2.24) is 19.7 Å². The molecule has 1 aromatic carbocycles. The lowest BCUT2D eigenvalue weighted by Gasteiger charge is -2.33. The number of anilines is 2. The molecule has 1 aromatic heterocycles. The normalized spacial score (nSPS) is 18.3. The van der Waals surface area contributed by atoms with Crippen LogP contribution in [0.25, 0.3) is 0 Å². The summed E-state index contributed by atoms with van der Waals surface area (Å²) in [6.45, 7) is 6.24. The van der Waals surface area contributed by atoms with Crippen LogP contribution in [0.5, 0.6) is 0 Å². The molecule has 0 radical (unpaired) electrons. The van der Waals surface area contributed by atoms with Gasteiger partial charge >= 0.3 is 23.6 Å². The van der Waals surface area contributed by atoms with Crippen LogP contribution in [0.4, 0.5) is 42.6 Å². The summed E-state index contributed by atoms with van der Waals surface area (Å²) in [5.74, 6) is -2.94. The molecule has 2 aliphatic rings. The van der Waals surface area contributed by atoms with Crippen molar-refractivity contribution in [3.63, 3.8) is 0 Å². The molecule has 4 rings (SSSR count). The SMILES string of the molecule is CN1CCN(CCCN(C(=O)C(F)(F)F)c2cc(CN3C(=O)N(c4ccc(SC(F)(F)F)cc4)C(=O)C3(C)C)ccn2)CC1. The molecule has 240 valence electrons. The highest BCUT2D eigenvalue weighted by Crippen LogP contribution is 2.39. The monoisotopic (exact) mass is 646 g/mol. The maximum atomic E-state index is 13.6. The standard InChI is InChI=1S/C28H32F6N6O3S/c1-26(2)23(41)40(20-5-7-21(8-6-20)44-28(32,33)34)25(43)39(26)18-19-9-10-35-22(17-19)38(24(42)27(29,30)31)12-4-11-37-15-13-36(3)14-16-37/h5-10,17H,4,11-16,18H2,1-3H3. The van der Waals surface area contributed by atoms with Crippen LogP contribution in [0.15, 0.2) is 47.5 Å². The number of halogens is 6. The molecular weight excluding hydrogens is 614 g/mol. The van der Waals surface area contributed by atoms with Crippen LogP contribution < -0.4 is 9.80 Å². The number of piperazine rings is 1. The largest absolute Gasteiger partial charge is 0.471 e. The number of rotatable bonds is 9. The van der Waals surface area contributed by atoms with Gasteiger partial charge in [-0.3, -0.25) is 14.5 Å². The van der Waals surface area contributed by atoms with Gasteiger partial charge in [-0.1, -0.05) is 0 Å². The number of imide groups is 1. The van der Waals surface area contributed by atoms with Crippen molar-refractivity contribution in [2.75, 3.05) is 56.1 Å². The van der Waals surface area contributed by atoms with E-state index in [1.807, 2.05) is 7.05 Å². The Kier molecular flexibility index (Phi) is 9.85. The summed E-state index contributed by atoms with van der Waals surface area (Å²) < 4.78 is 78.8. The van der Waals surface area contributed by atoms with E-state index in [4.69, 9.17) is 0 Å². The van der Waals surface area contributed by atoms with Gasteiger partial charge in [0.25, 0.3) is 5.91 Å². The average molecular weight is 647 g/mol. The molecule has 0 bridgehead atoms. The average Bonchev–Trinajstić information content (AvgIpc) is 3.10. The number of thioether (sulfide) groups is 1. The summed E-state index contributed by atoms with van der Waals surface area (Å²) in [6.07, 6.45) is -3.63. The predicted molar refractivity (Wildman–Crippen MR) is 152 cm³/mol. The second kappa shape index (κ2) is 12.9. The van der Waals surface area contributed by atoms with Crippen molar-refractivity contribution >= 4 is 41.1 Å². The molecule has 0 spiro atoms. The first kappa shape index (κ1) is 33.5. The lowest BCUT2D eigenvalue weighted by atomic mass is 10.0. The van der Waals surface area contributed by atoms with Gasteiger partial charge < -0.3 is 14.7 Å². The number of pyridine rings is 1. The Bertz CT molecular complexity index is 1360. The van der Waals surface area contributed by atoms with Crippen molar-refractivity contribution in [3.05, 3.63) is 48.2 Å². The number of aromatic nitrogens is 1. The van der Waals surface area contributed by atoms with Crippen LogP contribution in [-0.2, 0) is 16.1 Å². The van der Waals surface area contributed by atoms with Crippen LogP contribution in [0.1, 0.15) is 25.8 Å². The minimum absolute atomic E-state index is 0.0693. The van der Waals surface area contributed by atoms with E-state index in [-0.39, 0.29) is 47.7 Å². The molecule has 0 unspecified atom stereocenters.